The number of halogens is 2. The Hall–Kier alpha value is -3.07. The average Bonchev–Trinajstić information content (AvgIpc) is 3.49. The van der Waals surface area contributed by atoms with Crippen molar-refractivity contribution in [1.29, 1.82) is 0 Å². The lowest BCUT2D eigenvalue weighted by molar-refractivity contribution is -0.139. The topological polar surface area (TPSA) is 86.8 Å². The Morgan fingerprint density at radius 3 is 2.12 bits per heavy atom. The maximum Gasteiger partial charge on any atom is 0.264 e. The Balaban J connectivity index is 1.71. The molecule has 0 aromatic heterocycles. The van der Waals surface area contributed by atoms with Gasteiger partial charge in [0.25, 0.3) is 10.0 Å². The Kier molecular flexibility index (Phi) is 10.3. The largest absolute Gasteiger partial charge is 0.352 e. The highest BCUT2D eigenvalue weighted by Gasteiger charge is 2.34. The van der Waals surface area contributed by atoms with Gasteiger partial charge >= 0.3 is 0 Å². The first-order chi connectivity index (χ1) is 19.6. The number of carbonyl (C=O) groups is 2. The lowest BCUT2D eigenvalue weighted by Gasteiger charge is -2.33. The van der Waals surface area contributed by atoms with E-state index >= 15 is 0 Å². The van der Waals surface area contributed by atoms with E-state index in [1.807, 2.05) is 19.1 Å². The summed E-state index contributed by atoms with van der Waals surface area (Å²) in [7, 11) is -4.12. The van der Waals surface area contributed by atoms with Crippen LogP contribution in [0.4, 0.5) is 5.69 Å². The van der Waals surface area contributed by atoms with E-state index in [1.54, 1.807) is 55.5 Å². The van der Waals surface area contributed by atoms with E-state index in [2.05, 4.69) is 5.32 Å². The van der Waals surface area contributed by atoms with Gasteiger partial charge in [-0.1, -0.05) is 79.4 Å². The highest BCUT2D eigenvalue weighted by atomic mass is 35.5. The molecule has 218 valence electrons. The van der Waals surface area contributed by atoms with Crippen molar-refractivity contribution >= 4 is 50.7 Å². The number of nitrogens with one attached hydrogen (secondary N) is 1. The van der Waals surface area contributed by atoms with Gasteiger partial charge in [0.1, 0.15) is 12.6 Å². The first-order valence-electron chi connectivity index (χ1n) is 13.8. The van der Waals surface area contributed by atoms with Crippen LogP contribution in [0.3, 0.4) is 0 Å². The normalized spacial score (nSPS) is 14.4. The van der Waals surface area contributed by atoms with Crippen molar-refractivity contribution in [3.05, 3.63) is 94.0 Å². The molecule has 3 aromatic rings. The summed E-state index contributed by atoms with van der Waals surface area (Å²) in [4.78, 5) is 28.8. The minimum atomic E-state index is -4.12. The zero-order chi connectivity index (χ0) is 29.6. The molecule has 4 rings (SSSR count). The number of sulfonamides is 1. The second kappa shape index (κ2) is 13.7. The van der Waals surface area contributed by atoms with Crippen molar-refractivity contribution in [2.45, 2.75) is 69.5 Å². The van der Waals surface area contributed by atoms with Crippen molar-refractivity contribution in [2.24, 2.45) is 0 Å². The SMILES string of the molecule is CCc1ccc(N(CC(=O)N(Cc2c(Cl)cccc2Cl)[C@H](C)C(=O)NC2CCCC2)S(=O)(=O)c2ccccc2)cc1. The molecule has 0 radical (unpaired) electrons. The molecule has 0 unspecified atom stereocenters. The Bertz CT molecular complexity index is 1440. The van der Waals surface area contributed by atoms with Gasteiger partial charge in [0, 0.05) is 28.2 Å². The summed E-state index contributed by atoms with van der Waals surface area (Å²) in [5.74, 6) is -0.868. The zero-order valence-corrected chi connectivity index (χ0v) is 25.6. The van der Waals surface area contributed by atoms with Gasteiger partial charge in [-0.25, -0.2) is 8.42 Å². The molecule has 41 heavy (non-hydrogen) atoms. The molecule has 1 aliphatic carbocycles. The van der Waals surface area contributed by atoms with E-state index in [-0.39, 0.29) is 23.4 Å². The number of hydrogen-bond donors (Lipinski definition) is 1. The zero-order valence-electron chi connectivity index (χ0n) is 23.2. The predicted molar refractivity (Wildman–Crippen MR) is 164 cm³/mol. The van der Waals surface area contributed by atoms with Gasteiger partial charge in [-0.3, -0.25) is 13.9 Å². The van der Waals surface area contributed by atoms with Gasteiger partial charge in [-0.15, -0.1) is 0 Å². The number of amides is 2. The Morgan fingerprint density at radius 1 is 0.927 bits per heavy atom. The molecular weight excluding hydrogens is 581 g/mol. The van der Waals surface area contributed by atoms with E-state index in [9.17, 15) is 18.0 Å². The molecule has 1 atom stereocenters. The molecule has 1 aliphatic rings. The second-order valence-corrected chi connectivity index (χ2v) is 12.9. The Labute approximate surface area is 252 Å². The van der Waals surface area contributed by atoms with E-state index in [0.29, 0.717) is 21.3 Å². The second-order valence-electron chi connectivity index (χ2n) is 10.2. The molecule has 3 aromatic carbocycles. The van der Waals surface area contributed by atoms with Crippen molar-refractivity contribution in [1.82, 2.24) is 10.2 Å². The van der Waals surface area contributed by atoms with Crippen LogP contribution in [0.2, 0.25) is 10.0 Å². The molecule has 0 saturated heterocycles. The highest BCUT2D eigenvalue weighted by Crippen LogP contribution is 2.29. The third-order valence-corrected chi connectivity index (χ3v) is 10.00. The minimum absolute atomic E-state index is 0.0536. The van der Waals surface area contributed by atoms with Crippen LogP contribution in [0.25, 0.3) is 0 Å². The standard InChI is InChI=1S/C31H35Cl2N3O4S/c1-3-23-16-18-25(19-17-23)36(41(39,40)26-12-5-4-6-13-26)21-30(37)35(20-27-28(32)14-9-15-29(27)33)22(2)31(38)34-24-10-7-8-11-24/h4-6,9,12-19,22,24H,3,7-8,10-11,20-21H2,1-2H3,(H,34,38)/t22-/m1/s1. The fraction of sp³-hybridized carbons (Fsp3) is 0.355. The predicted octanol–water partition coefficient (Wildman–Crippen LogP) is 6.23. The first-order valence-corrected chi connectivity index (χ1v) is 16.0. The van der Waals surface area contributed by atoms with Crippen LogP contribution in [0.15, 0.2) is 77.7 Å². The van der Waals surface area contributed by atoms with Gasteiger partial charge in [-0.05, 0) is 68.1 Å². The van der Waals surface area contributed by atoms with E-state index in [4.69, 9.17) is 23.2 Å². The number of carbonyl (C=O) groups excluding carboxylic acids is 2. The third kappa shape index (κ3) is 7.42. The number of hydrogen-bond acceptors (Lipinski definition) is 4. The van der Waals surface area contributed by atoms with Crippen LogP contribution in [0.5, 0.6) is 0 Å². The third-order valence-electron chi connectivity index (χ3n) is 7.50. The van der Waals surface area contributed by atoms with Crippen molar-refractivity contribution in [3.8, 4) is 0 Å². The molecule has 2 amide bonds. The molecule has 7 nitrogen and oxygen atoms in total. The van der Waals surface area contributed by atoms with Crippen molar-refractivity contribution < 1.29 is 18.0 Å². The summed E-state index contributed by atoms with van der Waals surface area (Å²) in [6, 6.07) is 19.2. The lowest BCUT2D eigenvalue weighted by Crippen LogP contribution is -2.52. The molecule has 1 fully saturated rings. The summed E-state index contributed by atoms with van der Waals surface area (Å²) in [6.07, 6.45) is 4.64. The average molecular weight is 617 g/mol. The van der Waals surface area contributed by atoms with E-state index in [0.717, 1.165) is 42.0 Å². The van der Waals surface area contributed by atoms with Crippen LogP contribution in [-0.2, 0) is 32.6 Å². The summed E-state index contributed by atoms with van der Waals surface area (Å²) in [5.41, 5.74) is 1.86. The number of aryl methyl sites for hydroxylation is 1. The van der Waals surface area contributed by atoms with Gasteiger partial charge in [0.05, 0.1) is 10.6 Å². The fourth-order valence-electron chi connectivity index (χ4n) is 4.97. The molecule has 1 saturated carbocycles. The Morgan fingerprint density at radius 2 is 1.54 bits per heavy atom. The molecule has 0 bridgehead atoms. The summed E-state index contributed by atoms with van der Waals surface area (Å²) >= 11 is 12.9. The fourth-order valence-corrected chi connectivity index (χ4v) is 6.93. The van der Waals surface area contributed by atoms with Gasteiger partial charge in [0.2, 0.25) is 11.8 Å². The smallest absolute Gasteiger partial charge is 0.264 e. The van der Waals surface area contributed by atoms with E-state index < -0.39 is 28.5 Å². The van der Waals surface area contributed by atoms with Gasteiger partial charge < -0.3 is 10.2 Å². The van der Waals surface area contributed by atoms with Crippen molar-refractivity contribution in [2.75, 3.05) is 10.8 Å². The van der Waals surface area contributed by atoms with Crippen LogP contribution in [0.1, 0.15) is 50.7 Å². The minimum Gasteiger partial charge on any atom is -0.352 e. The van der Waals surface area contributed by atoms with E-state index in [1.165, 1.54) is 17.0 Å². The van der Waals surface area contributed by atoms with Crippen molar-refractivity contribution in [3.63, 3.8) is 0 Å². The first kappa shape index (κ1) is 30.9. The molecular formula is C31H35Cl2N3O4S. The number of rotatable bonds is 11. The quantitative estimate of drug-likeness (QED) is 0.277. The lowest BCUT2D eigenvalue weighted by atomic mass is 10.1. The molecule has 0 spiro atoms. The van der Waals surface area contributed by atoms with Crippen LogP contribution < -0.4 is 9.62 Å². The highest BCUT2D eigenvalue weighted by molar-refractivity contribution is 7.92. The summed E-state index contributed by atoms with van der Waals surface area (Å²) in [6.45, 7) is 3.06. The van der Waals surface area contributed by atoms with Crippen LogP contribution >= 0.6 is 23.2 Å². The number of nitrogens with zero attached hydrogens (tertiary/aromatic N) is 2. The maximum atomic E-state index is 14.1. The number of anilines is 1. The maximum absolute atomic E-state index is 14.1. The van der Waals surface area contributed by atoms with Gasteiger partial charge in [-0.2, -0.15) is 0 Å². The van der Waals surface area contributed by atoms with Gasteiger partial charge in [0.15, 0.2) is 0 Å². The molecule has 0 aliphatic heterocycles. The van der Waals surface area contributed by atoms with Crippen LogP contribution in [-0.4, -0.2) is 43.8 Å². The molecule has 0 heterocycles. The number of benzene rings is 3. The monoisotopic (exact) mass is 615 g/mol. The molecule has 10 heteroatoms. The summed E-state index contributed by atoms with van der Waals surface area (Å²) in [5, 5.41) is 3.75. The summed E-state index contributed by atoms with van der Waals surface area (Å²) < 4.78 is 28.8. The van der Waals surface area contributed by atoms with Crippen LogP contribution in [0, 0.1) is 0 Å². The molecule has 1 N–H and O–H groups in total.